The third-order valence-electron chi connectivity index (χ3n) is 6.43. The molecule has 5 rings (SSSR count). The van der Waals surface area contributed by atoms with Gasteiger partial charge in [0.05, 0.1) is 5.92 Å². The molecule has 8 nitrogen and oxygen atoms in total. The summed E-state index contributed by atoms with van der Waals surface area (Å²) in [7, 11) is 0. The van der Waals surface area contributed by atoms with E-state index in [1.165, 1.54) is 0 Å². The summed E-state index contributed by atoms with van der Waals surface area (Å²) < 4.78 is 5.05. The molecule has 2 aromatic carbocycles. The van der Waals surface area contributed by atoms with Crippen LogP contribution in [0.3, 0.4) is 0 Å². The second kappa shape index (κ2) is 8.69. The fourth-order valence-electron chi connectivity index (χ4n) is 4.53. The van der Waals surface area contributed by atoms with Crippen molar-refractivity contribution < 1.29 is 14.1 Å². The third-order valence-corrected chi connectivity index (χ3v) is 6.43. The number of benzene rings is 2. The highest BCUT2D eigenvalue weighted by Crippen LogP contribution is 2.28. The van der Waals surface area contributed by atoms with Crippen LogP contribution in [0.1, 0.15) is 17.9 Å². The molecule has 1 aromatic heterocycles. The van der Waals surface area contributed by atoms with Gasteiger partial charge in [0.15, 0.2) is 0 Å². The Morgan fingerprint density at radius 3 is 2.24 bits per heavy atom. The topological polar surface area (TPSA) is 82.8 Å². The lowest BCUT2D eigenvalue weighted by molar-refractivity contribution is -0.136. The predicted molar refractivity (Wildman–Crippen MR) is 125 cm³/mol. The van der Waals surface area contributed by atoms with E-state index in [-0.39, 0.29) is 24.2 Å². The summed E-state index contributed by atoms with van der Waals surface area (Å²) in [6, 6.07) is 16.0. The van der Waals surface area contributed by atoms with Crippen LogP contribution in [0.4, 0.5) is 11.4 Å². The smallest absolute Gasteiger partial charge is 0.228 e. The molecule has 0 bridgehead atoms. The van der Waals surface area contributed by atoms with Gasteiger partial charge in [-0.1, -0.05) is 22.9 Å². The number of aryl methyl sites for hydroxylation is 2. The van der Waals surface area contributed by atoms with Crippen LogP contribution in [-0.2, 0) is 9.59 Å². The van der Waals surface area contributed by atoms with Gasteiger partial charge in [-0.3, -0.25) is 9.59 Å². The Morgan fingerprint density at radius 2 is 1.61 bits per heavy atom. The number of carbonyl (C=O) groups excluding carboxylic acids is 2. The summed E-state index contributed by atoms with van der Waals surface area (Å²) in [4.78, 5) is 35.9. The predicted octanol–water partition coefficient (Wildman–Crippen LogP) is 3.06. The molecule has 0 spiro atoms. The number of anilines is 2. The summed E-state index contributed by atoms with van der Waals surface area (Å²) in [5.74, 6) is 0.956. The zero-order valence-corrected chi connectivity index (χ0v) is 18.9. The number of hydrogen-bond acceptors (Lipinski definition) is 6. The largest absolute Gasteiger partial charge is 0.368 e. The molecule has 2 saturated heterocycles. The molecule has 8 heteroatoms. The Bertz CT molecular complexity index is 1150. The molecule has 170 valence electrons. The van der Waals surface area contributed by atoms with Gasteiger partial charge in [0.2, 0.25) is 23.5 Å². The Balaban J connectivity index is 1.17. The lowest BCUT2D eigenvalue weighted by Crippen LogP contribution is -2.50. The molecular weight excluding hydrogens is 418 g/mol. The zero-order valence-electron chi connectivity index (χ0n) is 18.9. The third kappa shape index (κ3) is 4.33. The van der Waals surface area contributed by atoms with E-state index in [2.05, 4.69) is 15.0 Å². The Morgan fingerprint density at radius 1 is 0.939 bits per heavy atom. The molecule has 0 saturated carbocycles. The van der Waals surface area contributed by atoms with E-state index in [1.807, 2.05) is 60.4 Å². The molecule has 33 heavy (non-hydrogen) atoms. The normalized spacial score (nSPS) is 18.8. The molecule has 2 aliphatic rings. The van der Waals surface area contributed by atoms with Crippen molar-refractivity contribution in [3.8, 4) is 11.4 Å². The van der Waals surface area contributed by atoms with Crippen molar-refractivity contribution in [2.75, 3.05) is 42.5 Å². The highest BCUT2D eigenvalue weighted by atomic mass is 16.5. The number of amides is 2. The van der Waals surface area contributed by atoms with Crippen LogP contribution in [0, 0.1) is 19.8 Å². The van der Waals surface area contributed by atoms with Crippen LogP contribution in [-0.4, -0.2) is 59.6 Å². The molecule has 0 unspecified atom stereocenters. The first-order valence-electron chi connectivity index (χ1n) is 11.3. The van der Waals surface area contributed by atoms with Crippen molar-refractivity contribution in [2.45, 2.75) is 20.3 Å². The first-order chi connectivity index (χ1) is 16.0. The maximum Gasteiger partial charge on any atom is 0.228 e. The number of aromatic nitrogens is 2. The first kappa shape index (κ1) is 21.2. The van der Waals surface area contributed by atoms with Crippen molar-refractivity contribution in [3.05, 3.63) is 60.0 Å². The van der Waals surface area contributed by atoms with Gasteiger partial charge in [-0.2, -0.15) is 4.98 Å². The van der Waals surface area contributed by atoms with E-state index in [4.69, 9.17) is 4.52 Å². The van der Waals surface area contributed by atoms with Crippen LogP contribution in [0.25, 0.3) is 11.4 Å². The minimum atomic E-state index is -0.275. The highest BCUT2D eigenvalue weighted by Gasteiger charge is 2.37. The summed E-state index contributed by atoms with van der Waals surface area (Å²) in [6.45, 7) is 7.07. The molecule has 2 aliphatic heterocycles. The molecule has 0 N–H and O–H groups in total. The maximum absolute atomic E-state index is 13.1. The Labute approximate surface area is 192 Å². The van der Waals surface area contributed by atoms with E-state index in [1.54, 1.807) is 11.8 Å². The Hall–Kier alpha value is -3.68. The second-order valence-electron chi connectivity index (χ2n) is 8.74. The summed E-state index contributed by atoms with van der Waals surface area (Å²) in [5, 5.41) is 3.96. The molecule has 3 aromatic rings. The zero-order chi connectivity index (χ0) is 22.9. The van der Waals surface area contributed by atoms with Gasteiger partial charge in [-0.25, -0.2) is 0 Å². The maximum atomic E-state index is 13.1. The van der Waals surface area contributed by atoms with Crippen LogP contribution >= 0.6 is 0 Å². The first-order valence-corrected chi connectivity index (χ1v) is 11.3. The summed E-state index contributed by atoms with van der Waals surface area (Å²) >= 11 is 0. The summed E-state index contributed by atoms with van der Waals surface area (Å²) in [5.41, 5.74) is 4.03. The monoisotopic (exact) mass is 445 g/mol. The fraction of sp³-hybridized carbons (Fsp3) is 0.360. The molecule has 2 amide bonds. The molecule has 2 fully saturated rings. The molecule has 0 radical (unpaired) electrons. The van der Waals surface area contributed by atoms with Gasteiger partial charge in [-0.15, -0.1) is 0 Å². The number of rotatable bonds is 4. The van der Waals surface area contributed by atoms with Crippen LogP contribution in [0.2, 0.25) is 0 Å². The average molecular weight is 446 g/mol. The van der Waals surface area contributed by atoms with Crippen LogP contribution in [0.15, 0.2) is 53.1 Å². The number of carbonyl (C=O) groups is 2. The SMILES string of the molecule is Cc1ccc(N2C[C@H](C(=O)N3CCN(c4ccc(-c5noc(C)n5)cc4)CC3)CC2=O)cc1. The summed E-state index contributed by atoms with van der Waals surface area (Å²) in [6.07, 6.45) is 0.282. The number of hydrogen-bond donors (Lipinski definition) is 0. The van der Waals surface area contributed by atoms with Gasteiger partial charge >= 0.3 is 0 Å². The molecule has 3 heterocycles. The molecular formula is C25H27N5O3. The van der Waals surface area contributed by atoms with E-state index < -0.39 is 0 Å². The number of nitrogens with zero attached hydrogens (tertiary/aromatic N) is 5. The second-order valence-corrected chi connectivity index (χ2v) is 8.74. The van der Waals surface area contributed by atoms with Gasteiger partial charge in [0.25, 0.3) is 0 Å². The van der Waals surface area contributed by atoms with Crippen molar-refractivity contribution in [1.82, 2.24) is 15.0 Å². The average Bonchev–Trinajstić information content (AvgIpc) is 3.45. The van der Waals surface area contributed by atoms with E-state index >= 15 is 0 Å². The standard InChI is InChI=1S/C25H27N5O3/c1-17-3-7-22(8-4-17)30-16-20(15-23(30)31)25(32)29-13-11-28(12-14-29)21-9-5-19(6-10-21)24-26-18(2)33-27-24/h3-10,20H,11-16H2,1-2H3/t20-/m1/s1. The van der Waals surface area contributed by atoms with Crippen LogP contribution < -0.4 is 9.80 Å². The minimum Gasteiger partial charge on any atom is -0.368 e. The van der Waals surface area contributed by atoms with Crippen molar-refractivity contribution in [3.63, 3.8) is 0 Å². The van der Waals surface area contributed by atoms with Crippen molar-refractivity contribution in [1.29, 1.82) is 0 Å². The minimum absolute atomic E-state index is 0.0210. The van der Waals surface area contributed by atoms with Gasteiger partial charge < -0.3 is 19.2 Å². The lowest BCUT2D eigenvalue weighted by atomic mass is 10.1. The molecule has 1 atom stereocenters. The lowest BCUT2D eigenvalue weighted by Gasteiger charge is -2.37. The quantitative estimate of drug-likeness (QED) is 0.614. The van der Waals surface area contributed by atoms with Gasteiger partial charge in [0.1, 0.15) is 0 Å². The number of piperazine rings is 1. The van der Waals surface area contributed by atoms with Crippen molar-refractivity contribution in [2.24, 2.45) is 5.92 Å². The van der Waals surface area contributed by atoms with E-state index in [0.29, 0.717) is 31.3 Å². The van der Waals surface area contributed by atoms with Gasteiger partial charge in [0, 0.05) is 63.0 Å². The van der Waals surface area contributed by atoms with Crippen LogP contribution in [0.5, 0.6) is 0 Å². The van der Waals surface area contributed by atoms with E-state index in [0.717, 1.165) is 35.6 Å². The van der Waals surface area contributed by atoms with Crippen molar-refractivity contribution >= 4 is 23.2 Å². The van der Waals surface area contributed by atoms with E-state index in [9.17, 15) is 9.59 Å². The molecule has 0 aliphatic carbocycles. The van der Waals surface area contributed by atoms with Gasteiger partial charge in [-0.05, 0) is 43.3 Å². The highest BCUT2D eigenvalue weighted by molar-refractivity contribution is 6.00. The Kier molecular flexibility index (Phi) is 5.58. The fourth-order valence-corrected chi connectivity index (χ4v) is 4.53.